The van der Waals surface area contributed by atoms with Crippen molar-refractivity contribution >= 4 is 78.9 Å². The first kappa shape index (κ1) is 64.3. The normalized spacial score (nSPS) is 18.2. The van der Waals surface area contributed by atoms with Crippen molar-refractivity contribution in [1.29, 1.82) is 0 Å². The highest BCUT2D eigenvalue weighted by Crippen LogP contribution is 2.44. The first-order valence-corrected chi connectivity index (χ1v) is 32.8. The number of ether oxygens (including phenoxy) is 4. The number of hydrogen-bond acceptors (Lipinski definition) is 17. The van der Waals surface area contributed by atoms with Crippen LogP contribution in [-0.2, 0) is 40.4 Å². The fourth-order valence-electron chi connectivity index (χ4n) is 12.5. The average Bonchev–Trinajstić information content (AvgIpc) is 1.88. The van der Waals surface area contributed by atoms with Gasteiger partial charge in [0.1, 0.15) is 35.5 Å². The molecule has 5 aliphatic rings. The molecule has 91 heavy (non-hydrogen) atoms. The van der Waals surface area contributed by atoms with Crippen LogP contribution in [0.15, 0.2) is 114 Å². The summed E-state index contributed by atoms with van der Waals surface area (Å²) in [7, 11) is -4.63. The van der Waals surface area contributed by atoms with E-state index in [-0.39, 0.29) is 59.7 Å². The Morgan fingerprint density at radius 1 is 0.868 bits per heavy atom. The number of piperidine rings is 2. The van der Waals surface area contributed by atoms with Crippen LogP contribution in [0.1, 0.15) is 96.2 Å². The number of likely N-dealkylation sites (tertiary alicyclic amines) is 1. The molecular weight excluding hydrogens is 1200 g/mol. The predicted molar refractivity (Wildman–Crippen MR) is 344 cm³/mol. The van der Waals surface area contributed by atoms with Gasteiger partial charge in [0.25, 0.3) is 27.5 Å². The number of carbonyl (C=O) groups is 4. The Hall–Kier alpha value is -8.21. The van der Waals surface area contributed by atoms with Crippen molar-refractivity contribution in [3.8, 4) is 23.3 Å². The minimum Gasteiger partial charge on any atom is -0.455 e. The number of piperazine rings is 1. The number of allylic oxidation sites excluding steroid dienone is 1. The third-order valence-electron chi connectivity index (χ3n) is 17.6. The van der Waals surface area contributed by atoms with Crippen molar-refractivity contribution in [3.05, 3.63) is 152 Å². The van der Waals surface area contributed by atoms with E-state index in [0.29, 0.717) is 81.6 Å². The lowest BCUT2D eigenvalue weighted by atomic mass is 9.72. The summed E-state index contributed by atoms with van der Waals surface area (Å²) in [5, 5.41) is 19.5. The van der Waals surface area contributed by atoms with Gasteiger partial charge >= 0.3 is 0 Å². The molecule has 478 valence electrons. The number of amides is 4. The number of hydrogen-bond donors (Lipinski definition) is 4. The third kappa shape index (κ3) is 16.1. The Morgan fingerprint density at radius 2 is 1.64 bits per heavy atom. The molecule has 24 heteroatoms. The van der Waals surface area contributed by atoms with E-state index in [1.807, 2.05) is 30.3 Å². The SMILES string of the molecule is CC1(C)CCC(CN2CCN(c3ccc(C(=O)NS(=O)(=O)c4ccc(NCC5CCN(CCOCCOCCOCC#Cc6cccc7c6C(=O)N(C6CCC(=O)NC6=O)C7)CC5)c([N+](=O)[O-])c4)c(Oc4cnc5[nH]ccc5c4)c3)CC2)=C(c2ccc(Cl)cc2)C1. The molecule has 0 saturated carbocycles. The van der Waals surface area contributed by atoms with Gasteiger partial charge in [-0.15, -0.1) is 0 Å². The summed E-state index contributed by atoms with van der Waals surface area (Å²) in [4.78, 5) is 78.9. The monoisotopic (exact) mass is 1280 g/mol. The van der Waals surface area contributed by atoms with Gasteiger partial charge in [-0.1, -0.05) is 67.1 Å². The van der Waals surface area contributed by atoms with E-state index >= 15 is 0 Å². The highest BCUT2D eigenvalue weighted by molar-refractivity contribution is 7.90. The number of nitro groups is 1. The van der Waals surface area contributed by atoms with Gasteiger partial charge in [0.2, 0.25) is 11.8 Å². The lowest BCUT2D eigenvalue weighted by molar-refractivity contribution is -0.384. The van der Waals surface area contributed by atoms with Gasteiger partial charge in [0.05, 0.1) is 60.2 Å². The Balaban J connectivity index is 0.616. The number of aromatic amines is 1. The maximum absolute atomic E-state index is 14.2. The number of fused-ring (bicyclic) bond motifs is 2. The minimum atomic E-state index is -4.63. The summed E-state index contributed by atoms with van der Waals surface area (Å²) in [6, 6.07) is 25.1. The zero-order valence-electron chi connectivity index (χ0n) is 51.1. The van der Waals surface area contributed by atoms with Crippen molar-refractivity contribution in [2.24, 2.45) is 11.3 Å². The summed E-state index contributed by atoms with van der Waals surface area (Å²) >= 11 is 6.27. The van der Waals surface area contributed by atoms with E-state index < -0.39 is 43.4 Å². The van der Waals surface area contributed by atoms with Crippen LogP contribution in [0.3, 0.4) is 0 Å². The maximum Gasteiger partial charge on any atom is 0.293 e. The number of anilines is 2. The van der Waals surface area contributed by atoms with E-state index in [2.05, 4.69) is 77.8 Å². The van der Waals surface area contributed by atoms with Crippen LogP contribution in [0.25, 0.3) is 16.6 Å². The Labute approximate surface area is 534 Å². The largest absolute Gasteiger partial charge is 0.455 e. The van der Waals surface area contributed by atoms with Crippen LogP contribution in [0.2, 0.25) is 5.02 Å². The third-order valence-corrected chi connectivity index (χ3v) is 19.2. The van der Waals surface area contributed by atoms with Gasteiger partial charge in [-0.05, 0) is 134 Å². The molecule has 4 amide bonds. The number of aromatic nitrogens is 2. The minimum absolute atomic E-state index is 0.0585. The molecule has 6 heterocycles. The fourth-order valence-corrected chi connectivity index (χ4v) is 13.6. The predicted octanol–water partition coefficient (Wildman–Crippen LogP) is 8.81. The van der Waals surface area contributed by atoms with Crippen LogP contribution in [0.5, 0.6) is 11.5 Å². The molecular formula is C67H75ClN10O12S. The van der Waals surface area contributed by atoms with Crippen molar-refractivity contribution in [2.45, 2.75) is 76.3 Å². The number of carbonyl (C=O) groups excluding carboxylic acids is 4. The summed E-state index contributed by atoms with van der Waals surface area (Å²) in [6.07, 6.45) is 8.58. The second-order valence-corrected chi connectivity index (χ2v) is 26.5. The second kappa shape index (κ2) is 29.0. The zero-order chi connectivity index (χ0) is 63.7. The van der Waals surface area contributed by atoms with E-state index in [9.17, 15) is 37.7 Å². The standard InChI is InChI=1S/C67H75ClN10O12S/c1-67(2)22-18-49(56(40-67)46-8-10-51(68)11-9-46)43-75-26-28-76(29-27-75)52-12-14-55(60(38-52)90-53-37-48-19-23-69-63(48)71-42-53)64(80)73-91(85,86)54-13-15-57(59(39-54)78(83)84)70-41-45-20-24-74(25-21-45)30-32-88-34-36-89-35-33-87-31-4-7-47-5-3-6-50-44-77(66(82)62(47)50)58-16-17-61(79)72-65(58)81/h3,5-6,8-15,19,23,37-39,42,45,58,70H,16-18,20-22,24-36,40-41,43-44H2,1-2H3,(H,69,71)(H,73,80)(H,72,79,81). The molecule has 11 rings (SSSR count). The topological polar surface area (TPSA) is 260 Å². The molecule has 0 radical (unpaired) electrons. The molecule has 22 nitrogen and oxygen atoms in total. The number of nitro benzene ring substituents is 1. The molecule has 4 aliphatic heterocycles. The van der Waals surface area contributed by atoms with Crippen LogP contribution in [-0.4, -0.2) is 166 Å². The molecule has 6 aromatic rings. The van der Waals surface area contributed by atoms with Crippen LogP contribution in [0, 0.1) is 33.3 Å². The first-order chi connectivity index (χ1) is 43.9. The number of sulfonamides is 1. The van der Waals surface area contributed by atoms with Crippen molar-refractivity contribution < 1.29 is 51.5 Å². The van der Waals surface area contributed by atoms with Crippen LogP contribution in [0.4, 0.5) is 17.1 Å². The highest BCUT2D eigenvalue weighted by atomic mass is 35.5. The number of H-pyrrole nitrogens is 1. The van der Waals surface area contributed by atoms with Gasteiger partial charge in [0, 0.05) is 98.8 Å². The summed E-state index contributed by atoms with van der Waals surface area (Å²) in [5.74, 6) is 4.60. The number of nitrogens with zero attached hydrogens (tertiary/aromatic N) is 6. The Bertz CT molecular complexity index is 3910. The number of benzene rings is 4. The number of rotatable bonds is 24. The lowest BCUT2D eigenvalue weighted by Crippen LogP contribution is -2.52. The van der Waals surface area contributed by atoms with Gasteiger partial charge in [0.15, 0.2) is 0 Å². The number of pyridine rings is 1. The molecule has 3 fully saturated rings. The smallest absolute Gasteiger partial charge is 0.293 e. The van der Waals surface area contributed by atoms with E-state index in [1.54, 1.807) is 30.5 Å². The van der Waals surface area contributed by atoms with Crippen molar-refractivity contribution in [2.75, 3.05) is 109 Å². The molecule has 2 aromatic heterocycles. The lowest BCUT2D eigenvalue weighted by Gasteiger charge is -2.39. The molecule has 4 N–H and O–H groups in total. The van der Waals surface area contributed by atoms with Gasteiger partial charge in [-0.25, -0.2) is 18.1 Å². The molecule has 4 aromatic carbocycles. The van der Waals surface area contributed by atoms with E-state index in [1.165, 1.54) is 46.0 Å². The molecule has 1 atom stereocenters. The van der Waals surface area contributed by atoms with Gasteiger partial charge in [-0.2, -0.15) is 0 Å². The van der Waals surface area contributed by atoms with Crippen LogP contribution < -0.4 is 25.0 Å². The molecule has 1 aliphatic carbocycles. The Morgan fingerprint density at radius 3 is 2.41 bits per heavy atom. The average molecular weight is 1280 g/mol. The molecule has 1 unspecified atom stereocenters. The second-order valence-electron chi connectivity index (χ2n) is 24.4. The quantitative estimate of drug-likeness (QED) is 0.0145. The molecule has 0 bridgehead atoms. The van der Waals surface area contributed by atoms with Crippen LogP contribution >= 0.6 is 11.6 Å². The number of halogens is 1. The van der Waals surface area contributed by atoms with Gasteiger partial charge < -0.3 is 43.9 Å². The fraction of sp³-hybridized carbons (Fsp3) is 0.418. The number of nitrogens with one attached hydrogen (secondary N) is 4. The molecule has 0 spiro atoms. The van der Waals surface area contributed by atoms with Gasteiger partial charge in [-0.3, -0.25) is 39.5 Å². The molecule has 3 saturated heterocycles. The summed E-state index contributed by atoms with van der Waals surface area (Å²) < 4.78 is 53.5. The van der Waals surface area contributed by atoms with E-state index in [4.69, 9.17) is 30.5 Å². The number of imide groups is 1. The zero-order valence-corrected chi connectivity index (χ0v) is 52.7. The highest BCUT2D eigenvalue weighted by Gasteiger charge is 2.40. The first-order valence-electron chi connectivity index (χ1n) is 30.9. The van der Waals surface area contributed by atoms with E-state index in [0.717, 1.165) is 99.1 Å². The van der Waals surface area contributed by atoms with Crippen molar-refractivity contribution in [3.63, 3.8) is 0 Å². The Kier molecular flexibility index (Phi) is 20.5. The maximum atomic E-state index is 14.2. The van der Waals surface area contributed by atoms with Crippen molar-refractivity contribution in [1.82, 2.24) is 34.7 Å². The summed E-state index contributed by atoms with van der Waals surface area (Å²) in [5.41, 5.74) is 7.20. The summed E-state index contributed by atoms with van der Waals surface area (Å²) in [6.45, 7) is 13.7.